The summed E-state index contributed by atoms with van der Waals surface area (Å²) in [6.07, 6.45) is 13.9. The van der Waals surface area contributed by atoms with Gasteiger partial charge in [0, 0.05) is 29.8 Å². The highest BCUT2D eigenvalue weighted by Gasteiger charge is 2.14. The van der Waals surface area contributed by atoms with Crippen molar-refractivity contribution < 1.29 is 48.3 Å². The summed E-state index contributed by atoms with van der Waals surface area (Å²) in [6, 6.07) is 8.19. The Labute approximate surface area is 171 Å². The summed E-state index contributed by atoms with van der Waals surface area (Å²) in [6.45, 7) is 8.35. The van der Waals surface area contributed by atoms with E-state index in [1.165, 1.54) is 11.8 Å². The van der Waals surface area contributed by atoms with Crippen LogP contribution in [0.25, 0.3) is 0 Å². The molecule has 2 aromatic rings. The maximum absolute atomic E-state index is 8.48. The Kier molecular flexibility index (Phi) is 10.5. The highest BCUT2D eigenvalue weighted by molar-refractivity contribution is 5.78. The van der Waals surface area contributed by atoms with Gasteiger partial charge in [-0.25, -0.2) is 9.13 Å². The summed E-state index contributed by atoms with van der Waals surface area (Å²) in [7, 11) is 0. The molecule has 6 heteroatoms. The van der Waals surface area contributed by atoms with Crippen molar-refractivity contribution in [3.8, 4) is 0 Å². The van der Waals surface area contributed by atoms with Crippen LogP contribution in [0.15, 0.2) is 66.4 Å². The predicted octanol–water partition coefficient (Wildman–Crippen LogP) is -3.37. The van der Waals surface area contributed by atoms with Crippen LogP contribution in [-0.4, -0.2) is 11.4 Å². The Morgan fingerprint density at radius 3 is 1.72 bits per heavy atom. The summed E-state index contributed by atoms with van der Waals surface area (Å²) in [5, 5.41) is 11.5. The molecular weight excluding hydrogens is 446 g/mol. The molecule has 1 N–H and O–H groups in total. The summed E-state index contributed by atoms with van der Waals surface area (Å²) in [5.41, 5.74) is 2.42. The van der Waals surface area contributed by atoms with Crippen molar-refractivity contribution in [2.24, 2.45) is 5.16 Å². The quantitative estimate of drug-likeness (QED) is 0.160. The van der Waals surface area contributed by atoms with E-state index in [1.807, 2.05) is 24.5 Å². The van der Waals surface area contributed by atoms with Crippen molar-refractivity contribution in [1.29, 1.82) is 0 Å². The summed E-state index contributed by atoms with van der Waals surface area (Å²) in [4.78, 5) is 0. The Morgan fingerprint density at radius 2 is 1.32 bits per heavy atom. The standard InChI is InChI=1S/C19H24N3O.2BrH/c1-19(2,3)18-8-14-22(15-9-18)11-5-4-10-21-12-6-17(7-13-21)16-20-23;;/h4-9,12-16H,10-11H2,1-3H3;2*1H/q+1;;/p-1/b5-4+;;. The average Bonchev–Trinajstić information content (AvgIpc) is 2.53. The number of allylic oxidation sites excluding steroid dienone is 2. The van der Waals surface area contributed by atoms with Crippen LogP contribution in [0.1, 0.15) is 31.9 Å². The van der Waals surface area contributed by atoms with E-state index in [1.54, 1.807) is 0 Å². The van der Waals surface area contributed by atoms with Gasteiger partial charge in [0.25, 0.3) is 0 Å². The van der Waals surface area contributed by atoms with Gasteiger partial charge in [-0.15, -0.1) is 0 Å². The van der Waals surface area contributed by atoms with Gasteiger partial charge in [0.1, 0.15) is 0 Å². The minimum absolute atomic E-state index is 0. The first-order valence-electron chi connectivity index (χ1n) is 7.80. The van der Waals surface area contributed by atoms with E-state index in [9.17, 15) is 0 Å². The maximum Gasteiger partial charge on any atom is 0.169 e. The smallest absolute Gasteiger partial charge is 0.169 e. The molecular formula is C19H25Br2N3O. The molecule has 136 valence electrons. The summed E-state index contributed by atoms with van der Waals surface area (Å²) in [5.74, 6) is 0. The minimum atomic E-state index is 0. The van der Waals surface area contributed by atoms with Gasteiger partial charge in [-0.2, -0.15) is 0 Å². The van der Waals surface area contributed by atoms with Gasteiger partial charge in [0.2, 0.25) is 0 Å². The fraction of sp³-hybridized carbons (Fsp3) is 0.316. The number of hydrogen-bond acceptors (Lipinski definition) is 2. The summed E-state index contributed by atoms with van der Waals surface area (Å²) < 4.78 is 4.23. The van der Waals surface area contributed by atoms with Crippen molar-refractivity contribution in [1.82, 2.24) is 0 Å². The fourth-order valence-corrected chi connectivity index (χ4v) is 2.21. The van der Waals surface area contributed by atoms with E-state index in [2.05, 4.69) is 71.7 Å². The van der Waals surface area contributed by atoms with Gasteiger partial charge in [-0.05, 0) is 23.1 Å². The number of oxime groups is 1. The second-order valence-electron chi connectivity index (χ2n) is 6.58. The average molecular weight is 471 g/mol. The van der Waals surface area contributed by atoms with Gasteiger partial charge in [0.05, 0.1) is 6.21 Å². The zero-order valence-corrected chi connectivity index (χ0v) is 18.0. The Balaban J connectivity index is 0.00000288. The molecule has 0 saturated carbocycles. The Morgan fingerprint density at radius 1 is 0.880 bits per heavy atom. The van der Waals surface area contributed by atoms with Crippen LogP contribution in [0.4, 0.5) is 0 Å². The van der Waals surface area contributed by atoms with E-state index in [0.29, 0.717) is 0 Å². The van der Waals surface area contributed by atoms with Gasteiger partial charge >= 0.3 is 0 Å². The van der Waals surface area contributed by atoms with Gasteiger partial charge in [-0.3, -0.25) is 0 Å². The molecule has 2 aromatic heterocycles. The largest absolute Gasteiger partial charge is 1.00 e. The van der Waals surface area contributed by atoms with Gasteiger partial charge < -0.3 is 39.2 Å². The van der Waals surface area contributed by atoms with Crippen molar-refractivity contribution in [2.45, 2.75) is 39.3 Å². The van der Waals surface area contributed by atoms with Crippen molar-refractivity contribution in [2.75, 3.05) is 0 Å². The van der Waals surface area contributed by atoms with Crippen molar-refractivity contribution in [3.05, 3.63) is 72.3 Å². The molecule has 0 spiro atoms. The molecule has 0 saturated heterocycles. The molecule has 0 aliphatic rings. The lowest BCUT2D eigenvalue weighted by Crippen LogP contribution is -3.00. The lowest BCUT2D eigenvalue weighted by Gasteiger charge is -2.17. The number of halogens is 2. The fourth-order valence-electron chi connectivity index (χ4n) is 2.21. The first kappa shape index (κ1) is 23.5. The zero-order valence-electron chi connectivity index (χ0n) is 14.8. The molecule has 25 heavy (non-hydrogen) atoms. The van der Waals surface area contributed by atoms with Crippen LogP contribution in [0.2, 0.25) is 0 Å². The zero-order chi connectivity index (χ0) is 16.7. The highest BCUT2D eigenvalue weighted by atomic mass is 79.9. The van der Waals surface area contributed by atoms with Crippen LogP contribution in [0.3, 0.4) is 0 Å². The topological polar surface area (TPSA) is 40.3 Å². The van der Waals surface area contributed by atoms with E-state index < -0.39 is 0 Å². The molecule has 2 heterocycles. The van der Waals surface area contributed by atoms with Crippen LogP contribution >= 0.6 is 0 Å². The molecule has 0 radical (unpaired) electrons. The molecule has 0 aliphatic carbocycles. The Hall–Kier alpha value is -1.53. The molecule has 0 atom stereocenters. The minimum Gasteiger partial charge on any atom is -1.00 e. The third-order valence-electron chi connectivity index (χ3n) is 3.68. The van der Waals surface area contributed by atoms with E-state index in [-0.39, 0.29) is 39.4 Å². The second-order valence-corrected chi connectivity index (χ2v) is 6.58. The van der Waals surface area contributed by atoms with Gasteiger partial charge in [0.15, 0.2) is 37.9 Å². The predicted molar refractivity (Wildman–Crippen MR) is 90.5 cm³/mol. The first-order chi connectivity index (χ1) is 11.0. The van der Waals surface area contributed by atoms with Crippen LogP contribution < -0.4 is 43.1 Å². The lowest BCUT2D eigenvalue weighted by molar-refractivity contribution is -0.691. The van der Waals surface area contributed by atoms with E-state index in [0.717, 1.165) is 18.7 Å². The molecule has 0 bridgehead atoms. The third-order valence-corrected chi connectivity index (χ3v) is 3.68. The number of hydrogen-bond donors (Lipinski definition) is 1. The normalized spacial score (nSPS) is 11.3. The van der Waals surface area contributed by atoms with Gasteiger partial charge in [-0.1, -0.05) is 25.9 Å². The molecule has 0 aromatic carbocycles. The molecule has 0 fully saturated rings. The number of pyridine rings is 2. The number of nitrogens with zero attached hydrogens (tertiary/aromatic N) is 3. The highest BCUT2D eigenvalue weighted by Crippen LogP contribution is 2.20. The van der Waals surface area contributed by atoms with Crippen LogP contribution in [-0.2, 0) is 18.5 Å². The van der Waals surface area contributed by atoms with Crippen LogP contribution in [0, 0.1) is 0 Å². The maximum atomic E-state index is 8.48. The van der Waals surface area contributed by atoms with E-state index >= 15 is 0 Å². The van der Waals surface area contributed by atoms with Crippen molar-refractivity contribution in [3.63, 3.8) is 0 Å². The molecule has 4 nitrogen and oxygen atoms in total. The first-order valence-corrected chi connectivity index (χ1v) is 7.80. The molecule has 2 rings (SSSR count). The number of rotatable bonds is 5. The lowest BCUT2D eigenvalue weighted by atomic mass is 9.88. The SMILES string of the molecule is CC(C)(C)c1cc[n+](C/C=C/C[n+]2ccc(/C=N\O)cc2)cc1.[Br-].[Br-]. The summed E-state index contributed by atoms with van der Waals surface area (Å²) >= 11 is 0. The number of aromatic nitrogens is 2. The molecule has 0 amide bonds. The molecule has 0 unspecified atom stereocenters. The van der Waals surface area contributed by atoms with Crippen molar-refractivity contribution >= 4 is 6.21 Å². The van der Waals surface area contributed by atoms with E-state index in [4.69, 9.17) is 5.21 Å². The second kappa shape index (κ2) is 11.2. The van der Waals surface area contributed by atoms with Crippen LogP contribution in [0.5, 0.6) is 0 Å². The Bertz CT molecular complexity index is 675. The third kappa shape index (κ3) is 7.92. The molecule has 0 aliphatic heterocycles. The monoisotopic (exact) mass is 469 g/mol.